The SMILES string of the molecule is N#Cc1ccc(C=NNC(=O)c2ccc(Cl)c([N+](=O)[O-])c2)cc1. The topological polar surface area (TPSA) is 108 Å². The van der Waals surface area contributed by atoms with E-state index in [1.807, 2.05) is 6.07 Å². The minimum atomic E-state index is -0.668. The minimum absolute atomic E-state index is 0.0485. The van der Waals surface area contributed by atoms with Gasteiger partial charge in [-0.05, 0) is 29.8 Å². The second-order valence-electron chi connectivity index (χ2n) is 4.36. The fraction of sp³-hybridized carbons (Fsp3) is 0. The molecule has 0 aromatic heterocycles. The molecule has 0 spiro atoms. The van der Waals surface area contributed by atoms with Gasteiger partial charge in [-0.25, -0.2) is 5.43 Å². The number of halogens is 1. The van der Waals surface area contributed by atoms with Crippen molar-refractivity contribution in [1.29, 1.82) is 5.26 Å². The number of nitriles is 1. The summed E-state index contributed by atoms with van der Waals surface area (Å²) in [5.41, 5.74) is 3.18. The Bertz CT molecular complexity index is 826. The molecule has 0 fully saturated rings. The summed E-state index contributed by atoms with van der Waals surface area (Å²) < 4.78 is 0. The number of nitro benzene ring substituents is 1. The molecule has 8 heteroatoms. The maximum Gasteiger partial charge on any atom is 0.288 e. The first kappa shape index (κ1) is 16.1. The average Bonchev–Trinajstić information content (AvgIpc) is 2.55. The number of hydrazone groups is 1. The number of carbonyl (C=O) groups is 1. The number of nitro groups is 1. The zero-order valence-electron chi connectivity index (χ0n) is 11.6. The van der Waals surface area contributed by atoms with Crippen LogP contribution in [0, 0.1) is 21.4 Å². The van der Waals surface area contributed by atoms with Gasteiger partial charge in [0, 0.05) is 11.6 Å². The second kappa shape index (κ2) is 7.15. The molecular weight excluding hydrogens is 320 g/mol. The number of hydrogen-bond donors (Lipinski definition) is 1. The van der Waals surface area contributed by atoms with Crippen molar-refractivity contribution in [3.63, 3.8) is 0 Å². The number of nitrogens with zero attached hydrogens (tertiary/aromatic N) is 3. The molecule has 0 saturated heterocycles. The van der Waals surface area contributed by atoms with Gasteiger partial charge in [0.05, 0.1) is 22.8 Å². The molecule has 0 atom stereocenters. The maximum atomic E-state index is 11.9. The predicted molar refractivity (Wildman–Crippen MR) is 84.3 cm³/mol. The molecule has 0 unspecified atom stereocenters. The highest BCUT2D eigenvalue weighted by Gasteiger charge is 2.15. The van der Waals surface area contributed by atoms with E-state index in [2.05, 4.69) is 10.5 Å². The van der Waals surface area contributed by atoms with Crippen LogP contribution in [0.2, 0.25) is 5.02 Å². The average molecular weight is 329 g/mol. The van der Waals surface area contributed by atoms with Crippen molar-refractivity contribution in [2.75, 3.05) is 0 Å². The third-order valence-corrected chi connectivity index (χ3v) is 3.14. The van der Waals surface area contributed by atoms with Crippen LogP contribution in [0.5, 0.6) is 0 Å². The molecule has 0 radical (unpaired) electrons. The van der Waals surface area contributed by atoms with Crippen LogP contribution in [0.4, 0.5) is 5.69 Å². The van der Waals surface area contributed by atoms with Crippen LogP contribution in [0.1, 0.15) is 21.5 Å². The van der Waals surface area contributed by atoms with Gasteiger partial charge in [0.2, 0.25) is 0 Å². The van der Waals surface area contributed by atoms with Crippen molar-refractivity contribution in [1.82, 2.24) is 5.43 Å². The molecule has 0 aliphatic rings. The molecule has 0 bridgehead atoms. The van der Waals surface area contributed by atoms with Crippen molar-refractivity contribution >= 4 is 29.4 Å². The Kier molecular flexibility index (Phi) is 5.02. The Morgan fingerprint density at radius 2 is 2.00 bits per heavy atom. The summed E-state index contributed by atoms with van der Waals surface area (Å²) >= 11 is 5.68. The molecule has 0 heterocycles. The van der Waals surface area contributed by atoms with Gasteiger partial charge in [-0.1, -0.05) is 23.7 Å². The molecule has 0 saturated carbocycles. The largest absolute Gasteiger partial charge is 0.288 e. The molecule has 0 aliphatic carbocycles. The van der Waals surface area contributed by atoms with Crippen LogP contribution in [0.25, 0.3) is 0 Å². The third-order valence-electron chi connectivity index (χ3n) is 2.82. The lowest BCUT2D eigenvalue weighted by Gasteiger charge is -2.01. The normalized spacial score (nSPS) is 10.3. The molecule has 1 amide bonds. The van der Waals surface area contributed by atoms with Gasteiger partial charge < -0.3 is 0 Å². The summed E-state index contributed by atoms with van der Waals surface area (Å²) in [4.78, 5) is 22.0. The number of carbonyl (C=O) groups excluding carboxylic acids is 1. The summed E-state index contributed by atoms with van der Waals surface area (Å²) in [5, 5.41) is 23.2. The van der Waals surface area contributed by atoms with E-state index < -0.39 is 10.8 Å². The van der Waals surface area contributed by atoms with E-state index in [4.69, 9.17) is 16.9 Å². The monoisotopic (exact) mass is 328 g/mol. The van der Waals surface area contributed by atoms with Crippen molar-refractivity contribution in [3.8, 4) is 6.07 Å². The standard InChI is InChI=1S/C15H9ClN4O3/c16-13-6-5-12(7-14(13)20(22)23)15(21)19-18-9-11-3-1-10(8-17)2-4-11/h1-7,9H,(H,19,21). The molecule has 7 nitrogen and oxygen atoms in total. The predicted octanol–water partition coefficient (Wildman–Crippen LogP) is 2.88. The van der Waals surface area contributed by atoms with Gasteiger partial charge in [-0.15, -0.1) is 0 Å². The lowest BCUT2D eigenvalue weighted by atomic mass is 10.2. The summed E-state index contributed by atoms with van der Waals surface area (Å²) in [6.07, 6.45) is 1.39. The highest BCUT2D eigenvalue weighted by atomic mass is 35.5. The van der Waals surface area contributed by atoms with E-state index in [1.54, 1.807) is 24.3 Å². The fourth-order valence-corrected chi connectivity index (χ4v) is 1.85. The number of benzene rings is 2. The van der Waals surface area contributed by atoms with Crippen LogP contribution >= 0.6 is 11.6 Å². The Morgan fingerprint density at radius 1 is 1.30 bits per heavy atom. The maximum absolute atomic E-state index is 11.9. The van der Waals surface area contributed by atoms with Crippen LogP contribution in [0.3, 0.4) is 0 Å². The van der Waals surface area contributed by atoms with E-state index >= 15 is 0 Å². The van der Waals surface area contributed by atoms with Crippen molar-refractivity contribution in [3.05, 3.63) is 74.3 Å². The number of amides is 1. The summed E-state index contributed by atoms with van der Waals surface area (Å²) in [6.45, 7) is 0. The summed E-state index contributed by atoms with van der Waals surface area (Å²) in [7, 11) is 0. The van der Waals surface area contributed by atoms with Crippen LogP contribution in [-0.2, 0) is 0 Å². The Hall–Kier alpha value is -3.24. The first-order valence-corrected chi connectivity index (χ1v) is 6.66. The lowest BCUT2D eigenvalue weighted by molar-refractivity contribution is -0.384. The first-order chi connectivity index (χ1) is 11.0. The van der Waals surface area contributed by atoms with E-state index in [1.165, 1.54) is 18.3 Å². The Balaban J connectivity index is 2.07. The fourth-order valence-electron chi connectivity index (χ4n) is 1.67. The van der Waals surface area contributed by atoms with Gasteiger partial charge >= 0.3 is 0 Å². The first-order valence-electron chi connectivity index (χ1n) is 6.29. The van der Waals surface area contributed by atoms with E-state index in [9.17, 15) is 14.9 Å². The second-order valence-corrected chi connectivity index (χ2v) is 4.76. The Labute approximate surface area is 136 Å². The lowest BCUT2D eigenvalue weighted by Crippen LogP contribution is -2.17. The highest BCUT2D eigenvalue weighted by Crippen LogP contribution is 2.24. The van der Waals surface area contributed by atoms with Gasteiger partial charge in [0.15, 0.2) is 0 Å². The molecule has 2 aromatic carbocycles. The molecular formula is C15H9ClN4O3. The van der Waals surface area contributed by atoms with Crippen molar-refractivity contribution in [2.45, 2.75) is 0 Å². The van der Waals surface area contributed by atoms with Gasteiger partial charge in [-0.3, -0.25) is 14.9 Å². The summed E-state index contributed by atoms with van der Waals surface area (Å²) in [6, 6.07) is 12.3. The van der Waals surface area contributed by atoms with Crippen LogP contribution < -0.4 is 5.43 Å². The smallest absolute Gasteiger partial charge is 0.267 e. The molecule has 1 N–H and O–H groups in total. The zero-order chi connectivity index (χ0) is 16.8. The Morgan fingerprint density at radius 3 is 2.61 bits per heavy atom. The molecule has 23 heavy (non-hydrogen) atoms. The highest BCUT2D eigenvalue weighted by molar-refractivity contribution is 6.32. The number of nitrogens with one attached hydrogen (secondary N) is 1. The number of rotatable bonds is 4. The quantitative estimate of drug-likeness (QED) is 0.528. The van der Waals surface area contributed by atoms with Crippen LogP contribution in [-0.4, -0.2) is 17.0 Å². The van der Waals surface area contributed by atoms with E-state index in [-0.39, 0.29) is 16.3 Å². The van der Waals surface area contributed by atoms with Gasteiger partial charge in [-0.2, -0.15) is 10.4 Å². The van der Waals surface area contributed by atoms with E-state index in [0.717, 1.165) is 6.07 Å². The molecule has 114 valence electrons. The van der Waals surface area contributed by atoms with Crippen LogP contribution in [0.15, 0.2) is 47.6 Å². The van der Waals surface area contributed by atoms with Crippen molar-refractivity contribution < 1.29 is 9.72 Å². The summed E-state index contributed by atoms with van der Waals surface area (Å²) in [5.74, 6) is -0.602. The molecule has 0 aliphatic heterocycles. The zero-order valence-corrected chi connectivity index (χ0v) is 12.3. The van der Waals surface area contributed by atoms with Gasteiger partial charge in [0.25, 0.3) is 11.6 Å². The third kappa shape index (κ3) is 4.12. The molecule has 2 aromatic rings. The molecule has 2 rings (SSSR count). The number of hydrogen-bond acceptors (Lipinski definition) is 5. The minimum Gasteiger partial charge on any atom is -0.267 e. The van der Waals surface area contributed by atoms with E-state index in [0.29, 0.717) is 11.1 Å². The van der Waals surface area contributed by atoms with Gasteiger partial charge in [0.1, 0.15) is 5.02 Å². The van der Waals surface area contributed by atoms with Crippen molar-refractivity contribution in [2.24, 2.45) is 5.10 Å².